The van der Waals surface area contributed by atoms with Crippen LogP contribution in [0.2, 0.25) is 0 Å². The number of ether oxygens (including phenoxy) is 2. The molecule has 0 spiro atoms. The second kappa shape index (κ2) is 48.4. The first kappa shape index (κ1) is 95.5. The fraction of sp³-hybridized carbons (Fsp3) is 0. The molecule has 24 heteroatoms. The molecule has 0 atom stereocenters. The number of nitrogens with one attached hydrogen (secondary N) is 3. The van der Waals surface area contributed by atoms with E-state index in [0.29, 0.717) is 0 Å². The van der Waals surface area contributed by atoms with E-state index in [2.05, 4.69) is 244 Å². The number of benzene rings is 18. The lowest BCUT2D eigenvalue weighted by Gasteiger charge is -2.20. The summed E-state index contributed by atoms with van der Waals surface area (Å²) < 4.78 is 12.7. The van der Waals surface area contributed by atoms with Crippen molar-refractivity contribution in [2.75, 3.05) is 16.0 Å². The topological polar surface area (TPSA) is 234 Å². The minimum Gasteiger partial charge on any atom is -0.455 e. The minimum absolute atomic E-state index is 0.881. The molecule has 0 saturated carbocycles. The van der Waals surface area contributed by atoms with Crippen molar-refractivity contribution in [1.29, 1.82) is 0 Å². The molecule has 146 heavy (non-hydrogen) atoms. The van der Waals surface area contributed by atoms with Gasteiger partial charge >= 0.3 is 0 Å². The van der Waals surface area contributed by atoms with Crippen LogP contribution in [0.15, 0.2) is 548 Å². The summed E-state index contributed by atoms with van der Waals surface area (Å²) in [5, 5.41) is 34.3. The number of hydrogen-bond donors (Lipinski definition) is 3. The fourth-order valence-electron chi connectivity index (χ4n) is 15.6. The van der Waals surface area contributed by atoms with E-state index in [1.54, 1.807) is 79.1 Å². The smallest absolute Gasteiger partial charge is 0.150 e. The molecule has 5 aliphatic heterocycles. The van der Waals surface area contributed by atoms with Gasteiger partial charge in [-0.2, -0.15) is 20.4 Å². The van der Waals surface area contributed by atoms with Crippen molar-refractivity contribution in [2.45, 2.75) is 39.2 Å². The Morgan fingerprint density at radius 2 is 0.616 bits per heavy atom. The van der Waals surface area contributed by atoms with Gasteiger partial charge in [0, 0.05) is 104 Å². The van der Waals surface area contributed by atoms with Crippen molar-refractivity contribution < 1.29 is 9.47 Å². The van der Waals surface area contributed by atoms with Crippen LogP contribution in [-0.4, -0.2) is 71.6 Å². The summed E-state index contributed by atoms with van der Waals surface area (Å²) in [6, 6.07) is 148. The number of aromatic nitrogens is 13. The monoisotopic (exact) mass is 1980 g/mol. The third-order valence-corrected chi connectivity index (χ3v) is 28.2. The molecule has 0 bridgehead atoms. The maximum atomic E-state index is 5.76. The summed E-state index contributed by atoms with van der Waals surface area (Å²) in [4.78, 5) is 52.8. The van der Waals surface area contributed by atoms with Gasteiger partial charge in [-0.3, -0.25) is 19.9 Å². The van der Waals surface area contributed by atoms with E-state index in [4.69, 9.17) is 9.47 Å². The highest BCUT2D eigenvalue weighted by Crippen LogP contribution is 2.50. The summed E-state index contributed by atoms with van der Waals surface area (Å²) in [6.45, 7) is 0. The van der Waals surface area contributed by atoms with Crippen molar-refractivity contribution >= 4 is 207 Å². The summed E-state index contributed by atoms with van der Waals surface area (Å²) in [5.74, 6) is 3.67. The van der Waals surface area contributed by atoms with Crippen LogP contribution in [0, 0.1) is 0 Å². The largest absolute Gasteiger partial charge is 0.455 e. The molecule has 8 aromatic heterocycles. The number of para-hydroxylation sites is 16. The second-order valence-corrected chi connectivity index (χ2v) is 37.5. The molecule has 13 heterocycles. The highest BCUT2D eigenvalue weighted by molar-refractivity contribution is 8.05. The Bertz CT molecular complexity index is 7530. The van der Waals surface area contributed by atoms with Crippen LogP contribution < -0.4 is 25.4 Å². The molecule has 19 nitrogen and oxygen atoms in total. The predicted octanol–water partition coefficient (Wildman–Crippen LogP) is 33.0. The highest BCUT2D eigenvalue weighted by Gasteiger charge is 2.20. The van der Waals surface area contributed by atoms with Crippen molar-refractivity contribution in [2.24, 2.45) is 4.99 Å². The lowest BCUT2D eigenvalue weighted by Crippen LogP contribution is -2.01. The molecule has 702 valence electrons. The van der Waals surface area contributed by atoms with Gasteiger partial charge in [0.1, 0.15) is 17.8 Å². The van der Waals surface area contributed by atoms with Crippen LogP contribution in [-0.2, 0) is 0 Å². The zero-order valence-electron chi connectivity index (χ0n) is 78.1. The number of anilines is 5. The maximum absolute atomic E-state index is 5.76. The number of nitrogens with zero attached hydrogens (tertiary/aromatic N) is 14. The normalized spacial score (nSPS) is 11.4. The minimum atomic E-state index is 0.881. The van der Waals surface area contributed by atoms with Crippen molar-refractivity contribution in [3.8, 4) is 23.0 Å². The molecule has 3 N–H and O–H groups in total. The summed E-state index contributed by atoms with van der Waals surface area (Å²) >= 11 is 8.98. The number of thiazole rings is 1. The van der Waals surface area contributed by atoms with Crippen molar-refractivity contribution in [3.05, 3.63) is 504 Å². The molecule has 0 saturated heterocycles. The zero-order chi connectivity index (χ0) is 98.3. The van der Waals surface area contributed by atoms with E-state index in [9.17, 15) is 0 Å². The van der Waals surface area contributed by atoms with Gasteiger partial charge in [-0.15, -0.1) is 11.3 Å². The average molecular weight is 1980 g/mol. The molecule has 31 rings (SSSR count). The van der Waals surface area contributed by atoms with Crippen molar-refractivity contribution in [3.63, 3.8) is 0 Å². The van der Waals surface area contributed by atoms with E-state index < -0.39 is 0 Å². The Hall–Kier alpha value is -18.0. The average Bonchev–Trinajstić information content (AvgIpc) is 0.809. The molecule has 18 aromatic carbocycles. The summed E-state index contributed by atoms with van der Waals surface area (Å²) in [7, 11) is 0. The van der Waals surface area contributed by atoms with Crippen LogP contribution in [0.5, 0.6) is 23.0 Å². The van der Waals surface area contributed by atoms with Crippen LogP contribution in [0.3, 0.4) is 0 Å². The van der Waals surface area contributed by atoms with E-state index in [0.717, 1.165) is 139 Å². The van der Waals surface area contributed by atoms with Gasteiger partial charge in [0.2, 0.25) is 0 Å². The van der Waals surface area contributed by atoms with Gasteiger partial charge in [0.05, 0.1) is 134 Å². The van der Waals surface area contributed by atoms with Gasteiger partial charge in [-0.1, -0.05) is 302 Å². The number of fused-ring (bicyclic) bond motifs is 18. The lowest BCUT2D eigenvalue weighted by atomic mass is 10.1. The van der Waals surface area contributed by atoms with Crippen LogP contribution in [0.1, 0.15) is 0 Å². The number of aliphatic imine (C=N–C) groups is 1. The standard InChI is InChI=1S/2C12H8N2.C12H9NO.C12H9NS.C12H8OS.C12H8S2.C11H8N2.4C8H6N2.C7H5NS/c1-3-9-5-6-10-4-2-8-14-12(10)11(9)13-7-1;1-2-6-10-9(5-1)13-11-7-3-4-8-12(11)14-10;3*1-3-7-11-9(5-1)13-10-6-2-4-8-12(10)14-11;1-2-6-10-9(5-1)13-11-7-3-4-8-12(11)14-10;1-3-8-4-2-6-10-11(8)9(5-1)12-7-13-10;1-2-4-8-7(3-1)5-9-6-10-8;1-2-4-8-6-10-9-5-7(8)3-1;1-2-4-8-7(3-1)9-5-6-10-8;1-2-4-8-7(3-1)5-6-9-10-8;1-2-4-7-6(3-1)8-5-9-7/h2*1-8H;2*1-8,13H;2*1-8H;1-7H,(H,12,13);4*1-6H;1-5H. The van der Waals surface area contributed by atoms with E-state index in [1.165, 1.54) is 66.0 Å². The van der Waals surface area contributed by atoms with Crippen LogP contribution >= 0.6 is 58.4 Å². The van der Waals surface area contributed by atoms with Gasteiger partial charge in [0.15, 0.2) is 11.5 Å². The van der Waals surface area contributed by atoms with Gasteiger partial charge in [-0.25, -0.2) is 29.9 Å². The van der Waals surface area contributed by atoms with E-state index in [1.807, 2.05) is 332 Å². The third-order valence-electron chi connectivity index (χ3n) is 22.6. The summed E-state index contributed by atoms with van der Waals surface area (Å²) in [6.07, 6.45) is 17.3. The maximum Gasteiger partial charge on any atom is 0.150 e. The van der Waals surface area contributed by atoms with Crippen LogP contribution in [0.25, 0.3) is 108 Å². The lowest BCUT2D eigenvalue weighted by molar-refractivity contribution is 0.454. The molecular weight excluding hydrogens is 1900 g/mol. The highest BCUT2D eigenvalue weighted by atomic mass is 32.2. The Morgan fingerprint density at radius 3 is 1.14 bits per heavy atom. The van der Waals surface area contributed by atoms with Gasteiger partial charge in [-0.05, 0) is 193 Å². The molecule has 26 aromatic rings. The van der Waals surface area contributed by atoms with E-state index in [-0.39, 0.29) is 0 Å². The summed E-state index contributed by atoms with van der Waals surface area (Å²) in [5.41, 5.74) is 19.2. The van der Waals surface area contributed by atoms with Crippen LogP contribution in [0.4, 0.5) is 34.1 Å². The quantitative estimate of drug-likeness (QED) is 0.0945. The number of pyridine rings is 2. The molecule has 0 fully saturated rings. The first-order valence-electron chi connectivity index (χ1n) is 46.7. The second-order valence-electron chi connectivity index (χ2n) is 32.3. The van der Waals surface area contributed by atoms with E-state index >= 15 is 0 Å². The van der Waals surface area contributed by atoms with Gasteiger partial charge in [0.25, 0.3) is 0 Å². The zero-order valence-corrected chi connectivity index (χ0v) is 82.2. The number of hydrogen-bond acceptors (Lipinski definition) is 24. The van der Waals surface area contributed by atoms with Gasteiger partial charge < -0.3 is 25.4 Å². The fourth-order valence-corrected chi connectivity index (χ4v) is 20.4. The molecular formula is C122H87N17O2S5. The Labute approximate surface area is 862 Å². The first-order valence-corrected chi connectivity index (χ1v) is 50.8. The molecule has 5 aliphatic rings. The Morgan fingerprint density at radius 1 is 0.226 bits per heavy atom. The molecule has 0 radical (unpaired) electrons. The third kappa shape index (κ3) is 24.7. The number of rotatable bonds is 0. The van der Waals surface area contributed by atoms with Crippen molar-refractivity contribution in [1.82, 2.24) is 65.3 Å². The Kier molecular flexibility index (Phi) is 31.7. The molecule has 0 aliphatic carbocycles. The molecule has 0 unspecified atom stereocenters. The molecule has 0 amide bonds. The Balaban J connectivity index is 0.0000000972. The predicted molar refractivity (Wildman–Crippen MR) is 602 cm³/mol. The SMILES string of the molecule is C1=Nc2cccc3cccc(c23)N1.c1ccc2c(c1)Nc1ccccc1O2.c1ccc2c(c1)Nc1ccccc1S2.c1ccc2c(c1)Oc1ccccc1S2.c1ccc2c(c1)Sc1ccccc1S2.c1ccc2cnncc2c1.c1ccc2nc3ccccc3nc2c1.c1ccc2nccnc2c1.c1ccc2ncncc2c1.c1ccc2nnccc2c1.c1ccc2scnc2c1.c1cnc2c(c1)ccc1cccnc12. The first-order chi connectivity index (χ1) is 72.4.